The number of hydrogen-bond acceptors (Lipinski definition) is 6. The molecule has 0 unspecified atom stereocenters. The number of hydrogen-bond donors (Lipinski definition) is 1. The van der Waals surface area contributed by atoms with Gasteiger partial charge in [0.15, 0.2) is 0 Å². The largest absolute Gasteiger partial charge is 0.497 e. The standard InChI is InChI=1S/C22H24N4O3/c1-5-26(16-8-6-7-15(2)13-16)22-23-12-11-18(25-22)21(27)24-19-14-17(28-3)9-10-20(19)29-4/h6-14H,5H2,1-4H3,(H,24,27). The number of aryl methyl sites for hydroxylation is 1. The van der Waals surface area contributed by atoms with Crippen LogP contribution in [0.1, 0.15) is 23.0 Å². The molecule has 0 bridgehead atoms. The second-order valence-corrected chi connectivity index (χ2v) is 6.35. The predicted octanol–water partition coefficient (Wildman–Crippen LogP) is 4.21. The van der Waals surface area contributed by atoms with Gasteiger partial charge in [-0.15, -0.1) is 0 Å². The molecule has 0 saturated heterocycles. The van der Waals surface area contributed by atoms with Gasteiger partial charge in [0.2, 0.25) is 5.95 Å². The smallest absolute Gasteiger partial charge is 0.274 e. The quantitative estimate of drug-likeness (QED) is 0.649. The van der Waals surface area contributed by atoms with Crippen molar-refractivity contribution in [2.75, 3.05) is 31.0 Å². The van der Waals surface area contributed by atoms with Gasteiger partial charge < -0.3 is 19.7 Å². The van der Waals surface area contributed by atoms with E-state index in [9.17, 15) is 4.79 Å². The number of nitrogens with one attached hydrogen (secondary N) is 1. The van der Waals surface area contributed by atoms with Gasteiger partial charge >= 0.3 is 0 Å². The molecular weight excluding hydrogens is 368 g/mol. The number of ether oxygens (including phenoxy) is 2. The number of methoxy groups -OCH3 is 2. The lowest BCUT2D eigenvalue weighted by Crippen LogP contribution is -2.21. The maximum absolute atomic E-state index is 12.8. The summed E-state index contributed by atoms with van der Waals surface area (Å²) in [6.45, 7) is 4.71. The van der Waals surface area contributed by atoms with Gasteiger partial charge in [0.25, 0.3) is 5.91 Å². The average Bonchev–Trinajstić information content (AvgIpc) is 2.74. The summed E-state index contributed by atoms with van der Waals surface area (Å²) in [6.07, 6.45) is 1.58. The lowest BCUT2D eigenvalue weighted by molar-refractivity contribution is 0.102. The van der Waals surface area contributed by atoms with E-state index in [4.69, 9.17) is 9.47 Å². The molecule has 29 heavy (non-hydrogen) atoms. The van der Waals surface area contributed by atoms with Crippen LogP contribution in [-0.2, 0) is 0 Å². The van der Waals surface area contributed by atoms with Gasteiger partial charge in [-0.3, -0.25) is 4.79 Å². The zero-order chi connectivity index (χ0) is 20.8. The van der Waals surface area contributed by atoms with E-state index in [-0.39, 0.29) is 11.6 Å². The van der Waals surface area contributed by atoms with Gasteiger partial charge in [-0.25, -0.2) is 9.97 Å². The molecule has 0 aliphatic rings. The van der Waals surface area contributed by atoms with Crippen LogP contribution >= 0.6 is 0 Å². The Morgan fingerprint density at radius 2 is 1.93 bits per heavy atom. The number of amides is 1. The summed E-state index contributed by atoms with van der Waals surface area (Å²) in [5.74, 6) is 1.24. The third-order valence-corrected chi connectivity index (χ3v) is 4.40. The van der Waals surface area contributed by atoms with E-state index in [2.05, 4.69) is 21.4 Å². The van der Waals surface area contributed by atoms with Crippen LogP contribution in [0.15, 0.2) is 54.7 Å². The van der Waals surface area contributed by atoms with Crippen molar-refractivity contribution < 1.29 is 14.3 Å². The molecular formula is C22H24N4O3. The molecule has 150 valence electrons. The third-order valence-electron chi connectivity index (χ3n) is 4.40. The number of benzene rings is 2. The molecule has 0 aliphatic heterocycles. The van der Waals surface area contributed by atoms with Crippen LogP contribution in [-0.4, -0.2) is 36.6 Å². The second-order valence-electron chi connectivity index (χ2n) is 6.35. The molecule has 3 aromatic rings. The zero-order valence-electron chi connectivity index (χ0n) is 17.0. The first-order valence-electron chi connectivity index (χ1n) is 9.26. The highest BCUT2D eigenvalue weighted by Crippen LogP contribution is 2.29. The summed E-state index contributed by atoms with van der Waals surface area (Å²) in [4.78, 5) is 23.6. The molecule has 1 aromatic heterocycles. The fourth-order valence-corrected chi connectivity index (χ4v) is 2.94. The highest BCUT2D eigenvalue weighted by Gasteiger charge is 2.16. The van der Waals surface area contributed by atoms with Gasteiger partial charge in [0, 0.05) is 24.5 Å². The molecule has 0 radical (unpaired) electrons. The predicted molar refractivity (Wildman–Crippen MR) is 113 cm³/mol. The van der Waals surface area contributed by atoms with Gasteiger partial charge in [-0.1, -0.05) is 12.1 Å². The van der Waals surface area contributed by atoms with Crippen LogP contribution in [0, 0.1) is 6.92 Å². The van der Waals surface area contributed by atoms with E-state index < -0.39 is 0 Å². The number of carbonyl (C=O) groups excluding carboxylic acids is 1. The molecule has 0 atom stereocenters. The van der Waals surface area contributed by atoms with Crippen LogP contribution < -0.4 is 19.7 Å². The SMILES string of the molecule is CCN(c1cccc(C)c1)c1nccc(C(=O)Nc2cc(OC)ccc2OC)n1. The van der Waals surface area contributed by atoms with Gasteiger partial charge in [0.05, 0.1) is 19.9 Å². The molecule has 0 saturated carbocycles. The Kier molecular flexibility index (Phi) is 6.29. The summed E-state index contributed by atoms with van der Waals surface area (Å²) < 4.78 is 10.5. The van der Waals surface area contributed by atoms with Crippen LogP contribution in [0.25, 0.3) is 0 Å². The highest BCUT2D eigenvalue weighted by molar-refractivity contribution is 6.04. The Balaban J connectivity index is 1.88. The molecule has 2 aromatic carbocycles. The van der Waals surface area contributed by atoms with Gasteiger partial charge in [-0.2, -0.15) is 0 Å². The summed E-state index contributed by atoms with van der Waals surface area (Å²) in [7, 11) is 3.11. The van der Waals surface area contributed by atoms with Crippen LogP contribution in [0.4, 0.5) is 17.3 Å². The fourth-order valence-electron chi connectivity index (χ4n) is 2.94. The van der Waals surface area contributed by atoms with Crippen LogP contribution in [0.2, 0.25) is 0 Å². The summed E-state index contributed by atoms with van der Waals surface area (Å²) in [5.41, 5.74) is 2.87. The van der Waals surface area contributed by atoms with Crippen molar-refractivity contribution in [3.63, 3.8) is 0 Å². The Morgan fingerprint density at radius 1 is 1.10 bits per heavy atom. The van der Waals surface area contributed by atoms with Gasteiger partial charge in [-0.05, 0) is 49.7 Å². The first-order chi connectivity index (χ1) is 14.0. The molecule has 1 N–H and O–H groups in total. The zero-order valence-corrected chi connectivity index (χ0v) is 17.0. The van der Waals surface area contributed by atoms with Crippen LogP contribution in [0.5, 0.6) is 11.5 Å². The second kappa shape index (κ2) is 9.05. The Hall–Kier alpha value is -3.61. The summed E-state index contributed by atoms with van der Waals surface area (Å²) >= 11 is 0. The Labute approximate surface area is 170 Å². The van der Waals surface area contributed by atoms with E-state index in [1.807, 2.05) is 36.9 Å². The molecule has 7 heteroatoms. The van der Waals surface area contributed by atoms with Crippen molar-refractivity contribution in [1.82, 2.24) is 9.97 Å². The fraction of sp³-hybridized carbons (Fsp3) is 0.227. The topological polar surface area (TPSA) is 76.6 Å². The van der Waals surface area contributed by atoms with Gasteiger partial charge in [0.1, 0.15) is 17.2 Å². The third kappa shape index (κ3) is 4.63. The molecule has 0 spiro atoms. The Bertz CT molecular complexity index is 1010. The molecule has 0 fully saturated rings. The number of anilines is 3. The van der Waals surface area contributed by atoms with E-state index in [0.717, 1.165) is 11.3 Å². The minimum Gasteiger partial charge on any atom is -0.497 e. The monoisotopic (exact) mass is 392 g/mol. The van der Waals surface area contributed by atoms with Crippen molar-refractivity contribution in [3.05, 3.63) is 66.0 Å². The molecule has 3 rings (SSSR count). The van der Waals surface area contributed by atoms with Crippen LogP contribution in [0.3, 0.4) is 0 Å². The number of carbonyl (C=O) groups is 1. The van der Waals surface area contributed by atoms with E-state index in [0.29, 0.717) is 29.7 Å². The minimum atomic E-state index is -0.361. The first kappa shape index (κ1) is 20.1. The number of rotatable bonds is 7. The lowest BCUT2D eigenvalue weighted by Gasteiger charge is -2.21. The Morgan fingerprint density at radius 3 is 2.62 bits per heavy atom. The first-order valence-corrected chi connectivity index (χ1v) is 9.26. The summed E-state index contributed by atoms with van der Waals surface area (Å²) in [6, 6.07) is 14.8. The van der Waals surface area contributed by atoms with E-state index >= 15 is 0 Å². The lowest BCUT2D eigenvalue weighted by atomic mass is 10.2. The molecule has 1 heterocycles. The maximum Gasteiger partial charge on any atom is 0.274 e. The highest BCUT2D eigenvalue weighted by atomic mass is 16.5. The number of aromatic nitrogens is 2. The molecule has 0 aliphatic carbocycles. The van der Waals surface area contributed by atoms with Crippen molar-refractivity contribution in [3.8, 4) is 11.5 Å². The van der Waals surface area contributed by atoms with Crippen molar-refractivity contribution in [2.45, 2.75) is 13.8 Å². The van der Waals surface area contributed by atoms with Crippen molar-refractivity contribution >= 4 is 23.2 Å². The maximum atomic E-state index is 12.8. The molecule has 7 nitrogen and oxygen atoms in total. The number of nitrogens with zero attached hydrogens (tertiary/aromatic N) is 3. The minimum absolute atomic E-state index is 0.256. The molecule has 1 amide bonds. The van der Waals surface area contributed by atoms with Crippen molar-refractivity contribution in [2.24, 2.45) is 0 Å². The van der Waals surface area contributed by atoms with E-state index in [1.165, 1.54) is 0 Å². The van der Waals surface area contributed by atoms with Crippen molar-refractivity contribution in [1.29, 1.82) is 0 Å². The summed E-state index contributed by atoms with van der Waals surface area (Å²) in [5, 5.41) is 2.83. The average molecular weight is 392 g/mol. The van der Waals surface area contributed by atoms with E-state index in [1.54, 1.807) is 44.7 Å². The normalized spacial score (nSPS) is 10.3.